The Morgan fingerprint density at radius 1 is 1.24 bits per heavy atom. The Labute approximate surface area is 142 Å². The number of nitrogens with zero attached hydrogens (tertiary/aromatic N) is 2. The zero-order valence-electron chi connectivity index (χ0n) is 13.4. The van der Waals surface area contributed by atoms with Crippen molar-refractivity contribution < 1.29 is 28.2 Å². The van der Waals surface area contributed by atoms with Gasteiger partial charge in [-0.05, 0) is 24.8 Å². The Kier molecular flexibility index (Phi) is 4.59. The van der Waals surface area contributed by atoms with E-state index in [4.69, 9.17) is 0 Å². The Balaban J connectivity index is 1.99. The van der Waals surface area contributed by atoms with Crippen molar-refractivity contribution in [3.8, 4) is 0 Å². The third-order valence-corrected chi connectivity index (χ3v) is 4.84. The van der Waals surface area contributed by atoms with Gasteiger partial charge in [-0.1, -0.05) is 43.2 Å². The van der Waals surface area contributed by atoms with Gasteiger partial charge in [0.25, 0.3) is 11.6 Å². The average Bonchev–Trinajstić information content (AvgIpc) is 2.74. The van der Waals surface area contributed by atoms with Crippen LogP contribution in [0.2, 0.25) is 0 Å². The Hall–Kier alpha value is -1.93. The Morgan fingerprint density at radius 2 is 1.92 bits per heavy atom. The van der Waals surface area contributed by atoms with Crippen LogP contribution in [0.5, 0.6) is 0 Å². The number of halogens is 3. The third kappa shape index (κ3) is 2.93. The quantitative estimate of drug-likeness (QED) is 0.856. The number of alkyl halides is 3. The first-order valence-electron chi connectivity index (χ1n) is 8.20. The van der Waals surface area contributed by atoms with Crippen LogP contribution in [0.25, 0.3) is 0 Å². The normalized spacial score (nSPS) is 28.1. The maximum atomic E-state index is 13.7. The van der Waals surface area contributed by atoms with Gasteiger partial charge in [-0.3, -0.25) is 4.79 Å². The number of rotatable bonds is 2. The number of amides is 1. The fourth-order valence-corrected chi connectivity index (χ4v) is 3.51. The number of hydrazone groups is 1. The minimum absolute atomic E-state index is 0.0516. The molecule has 25 heavy (non-hydrogen) atoms. The van der Waals surface area contributed by atoms with Crippen LogP contribution in [-0.4, -0.2) is 38.7 Å². The second kappa shape index (κ2) is 6.42. The van der Waals surface area contributed by atoms with Crippen LogP contribution < -0.4 is 0 Å². The van der Waals surface area contributed by atoms with E-state index in [1.807, 2.05) is 0 Å². The van der Waals surface area contributed by atoms with Gasteiger partial charge in [0.15, 0.2) is 6.10 Å². The molecule has 2 N–H and O–H groups in total. The first-order chi connectivity index (χ1) is 11.8. The van der Waals surface area contributed by atoms with Crippen LogP contribution in [0.3, 0.4) is 0 Å². The number of aliphatic hydroxyl groups excluding tert-OH is 1. The number of benzene rings is 1. The van der Waals surface area contributed by atoms with Crippen molar-refractivity contribution in [2.24, 2.45) is 11.0 Å². The zero-order chi connectivity index (χ0) is 18.2. The largest absolute Gasteiger partial charge is 0.439 e. The molecule has 0 unspecified atom stereocenters. The smallest absolute Gasteiger partial charge is 0.378 e. The molecule has 5 nitrogen and oxygen atoms in total. The maximum absolute atomic E-state index is 13.7. The SMILES string of the molecule is O=C([C@H](O)c1ccccc1)N1N=C2CCCCC[C@@H]2[C@@]1(O)C(F)(F)F. The molecule has 1 aromatic rings. The van der Waals surface area contributed by atoms with E-state index in [9.17, 15) is 28.2 Å². The molecule has 1 amide bonds. The Bertz CT molecular complexity index is 677. The molecule has 3 atom stereocenters. The van der Waals surface area contributed by atoms with E-state index in [1.165, 1.54) is 12.1 Å². The summed E-state index contributed by atoms with van der Waals surface area (Å²) in [5.41, 5.74) is -3.10. The lowest BCUT2D eigenvalue weighted by molar-refractivity contribution is -0.318. The monoisotopic (exact) mass is 356 g/mol. The maximum Gasteiger partial charge on any atom is 0.439 e. The van der Waals surface area contributed by atoms with Gasteiger partial charge in [-0.25, -0.2) is 0 Å². The van der Waals surface area contributed by atoms with Crippen LogP contribution in [0, 0.1) is 5.92 Å². The number of carbonyl (C=O) groups is 1. The number of fused-ring (bicyclic) bond motifs is 1. The molecule has 1 aliphatic heterocycles. The number of hydrogen-bond donors (Lipinski definition) is 2. The molecule has 2 aliphatic rings. The molecule has 0 spiro atoms. The predicted molar refractivity (Wildman–Crippen MR) is 83.3 cm³/mol. The highest BCUT2D eigenvalue weighted by Gasteiger charge is 2.68. The second-order valence-electron chi connectivity index (χ2n) is 6.43. The molecule has 3 rings (SSSR count). The van der Waals surface area contributed by atoms with Gasteiger partial charge in [-0.15, -0.1) is 0 Å². The van der Waals surface area contributed by atoms with Crippen molar-refractivity contribution in [1.82, 2.24) is 5.01 Å². The molecule has 0 saturated heterocycles. The van der Waals surface area contributed by atoms with E-state index >= 15 is 0 Å². The number of aliphatic hydroxyl groups is 2. The highest BCUT2D eigenvalue weighted by molar-refractivity contribution is 5.94. The third-order valence-electron chi connectivity index (χ3n) is 4.84. The zero-order valence-corrected chi connectivity index (χ0v) is 13.4. The summed E-state index contributed by atoms with van der Waals surface area (Å²) in [6.07, 6.45) is -4.59. The number of carbonyl (C=O) groups excluding carboxylic acids is 1. The number of hydrogen-bond acceptors (Lipinski definition) is 4. The predicted octanol–water partition coefficient (Wildman–Crippen LogP) is 2.75. The van der Waals surface area contributed by atoms with Crippen molar-refractivity contribution in [2.75, 3.05) is 0 Å². The molecule has 0 radical (unpaired) electrons. The van der Waals surface area contributed by atoms with Crippen molar-refractivity contribution in [1.29, 1.82) is 0 Å². The first-order valence-corrected chi connectivity index (χ1v) is 8.20. The van der Waals surface area contributed by atoms with Crippen LogP contribution in [0.15, 0.2) is 35.4 Å². The van der Waals surface area contributed by atoms with E-state index in [-0.39, 0.29) is 22.7 Å². The Morgan fingerprint density at radius 3 is 2.56 bits per heavy atom. The second-order valence-corrected chi connectivity index (χ2v) is 6.43. The van der Waals surface area contributed by atoms with E-state index in [0.717, 1.165) is 6.42 Å². The van der Waals surface area contributed by atoms with Crippen LogP contribution in [0.4, 0.5) is 13.2 Å². The lowest BCUT2D eigenvalue weighted by Gasteiger charge is -2.37. The highest BCUT2D eigenvalue weighted by atomic mass is 19.4. The van der Waals surface area contributed by atoms with E-state index in [1.54, 1.807) is 18.2 Å². The van der Waals surface area contributed by atoms with E-state index in [0.29, 0.717) is 19.3 Å². The molecule has 1 aliphatic carbocycles. The van der Waals surface area contributed by atoms with Crippen LogP contribution >= 0.6 is 0 Å². The van der Waals surface area contributed by atoms with Gasteiger partial charge in [0, 0.05) is 5.71 Å². The standard InChI is InChI=1S/C17H19F3N2O3/c18-17(19,20)16(25)12-9-5-2-6-10-13(12)21-22(16)15(24)14(23)11-7-3-1-4-8-11/h1,3-4,7-8,12,14,23,25H,2,5-6,9-10H2/t12-,14+,16+/m0/s1. The molecule has 1 saturated carbocycles. The first kappa shape index (κ1) is 17.9. The lowest BCUT2D eigenvalue weighted by atomic mass is 9.87. The summed E-state index contributed by atoms with van der Waals surface area (Å²) < 4.78 is 41.2. The molecule has 0 bridgehead atoms. The van der Waals surface area contributed by atoms with Crippen LogP contribution in [-0.2, 0) is 4.79 Å². The minimum atomic E-state index is -5.08. The summed E-state index contributed by atoms with van der Waals surface area (Å²) in [7, 11) is 0. The molecule has 0 aromatic heterocycles. The molecular formula is C17H19F3N2O3. The van der Waals surface area contributed by atoms with Gasteiger partial charge in [0.1, 0.15) is 0 Å². The summed E-state index contributed by atoms with van der Waals surface area (Å²) in [6, 6.07) is 7.62. The minimum Gasteiger partial charge on any atom is -0.378 e. The van der Waals surface area contributed by atoms with Gasteiger partial charge in [0.05, 0.1) is 5.92 Å². The summed E-state index contributed by atoms with van der Waals surface area (Å²) in [6.45, 7) is 0. The molecule has 1 heterocycles. The average molecular weight is 356 g/mol. The van der Waals surface area contributed by atoms with Gasteiger partial charge < -0.3 is 10.2 Å². The van der Waals surface area contributed by atoms with Gasteiger partial charge >= 0.3 is 6.18 Å². The summed E-state index contributed by atoms with van der Waals surface area (Å²) >= 11 is 0. The molecule has 8 heteroatoms. The molecule has 1 fully saturated rings. The highest BCUT2D eigenvalue weighted by Crippen LogP contribution is 2.48. The fraction of sp³-hybridized carbons (Fsp3) is 0.529. The lowest BCUT2D eigenvalue weighted by Crippen LogP contribution is -2.61. The molecule has 136 valence electrons. The van der Waals surface area contributed by atoms with Crippen LogP contribution in [0.1, 0.15) is 43.8 Å². The van der Waals surface area contributed by atoms with Gasteiger partial charge in [-0.2, -0.15) is 23.3 Å². The van der Waals surface area contributed by atoms with Crippen molar-refractivity contribution in [2.45, 2.75) is 50.1 Å². The van der Waals surface area contributed by atoms with Crippen molar-refractivity contribution >= 4 is 11.6 Å². The topological polar surface area (TPSA) is 73.1 Å². The van der Waals surface area contributed by atoms with Crippen molar-refractivity contribution in [3.05, 3.63) is 35.9 Å². The van der Waals surface area contributed by atoms with Gasteiger partial charge in [0.2, 0.25) is 0 Å². The molecule has 1 aromatic carbocycles. The molecular weight excluding hydrogens is 337 g/mol. The summed E-state index contributed by atoms with van der Waals surface area (Å²) in [4.78, 5) is 12.5. The summed E-state index contributed by atoms with van der Waals surface area (Å²) in [5.74, 6) is -2.58. The van der Waals surface area contributed by atoms with E-state index in [2.05, 4.69) is 5.10 Å². The fourth-order valence-electron chi connectivity index (χ4n) is 3.51. The summed E-state index contributed by atoms with van der Waals surface area (Å²) in [5, 5.41) is 24.6. The van der Waals surface area contributed by atoms with Crippen molar-refractivity contribution in [3.63, 3.8) is 0 Å². The van der Waals surface area contributed by atoms with E-state index < -0.39 is 29.8 Å².